The number of likely N-dealkylation sites (tertiary alicyclic amines) is 1. The van der Waals surface area contributed by atoms with Crippen LogP contribution in [0.3, 0.4) is 0 Å². The number of aliphatic hydroxyl groups is 1. The lowest BCUT2D eigenvalue weighted by atomic mass is 9.95. The fourth-order valence-electron chi connectivity index (χ4n) is 3.87. The van der Waals surface area contributed by atoms with Gasteiger partial charge >= 0.3 is 0 Å². The summed E-state index contributed by atoms with van der Waals surface area (Å²) in [5.41, 5.74) is 2.37. The van der Waals surface area contributed by atoms with E-state index in [4.69, 9.17) is 4.74 Å². The minimum Gasteiger partial charge on any atom is -0.507 e. The highest BCUT2D eigenvalue weighted by Gasteiger charge is 2.45. The summed E-state index contributed by atoms with van der Waals surface area (Å²) in [5.74, 6) is -0.783. The lowest BCUT2D eigenvalue weighted by molar-refractivity contribution is -0.139. The standard InChI is InChI=1S/C25H31N3O4/c1-26(2)15-6-16-28-22(17-7-11-19(12-8-17)27(3)4)21(24(30)25(28)31)23(29)18-9-13-20(32-5)14-10-18/h7-14,22,29H,6,15-16H2,1-5H3. The van der Waals surface area contributed by atoms with Crippen molar-refractivity contribution < 1.29 is 19.4 Å². The van der Waals surface area contributed by atoms with Crippen LogP contribution in [0.15, 0.2) is 54.1 Å². The lowest BCUT2D eigenvalue weighted by Crippen LogP contribution is -2.32. The molecule has 32 heavy (non-hydrogen) atoms. The molecule has 0 aliphatic carbocycles. The monoisotopic (exact) mass is 437 g/mol. The molecule has 0 aromatic heterocycles. The van der Waals surface area contributed by atoms with Crippen molar-refractivity contribution in [3.8, 4) is 5.75 Å². The summed E-state index contributed by atoms with van der Waals surface area (Å²) >= 11 is 0. The molecule has 0 saturated carbocycles. The van der Waals surface area contributed by atoms with E-state index in [9.17, 15) is 14.7 Å². The first-order valence-corrected chi connectivity index (χ1v) is 10.6. The number of ether oxygens (including phenoxy) is 1. The minimum absolute atomic E-state index is 0.114. The molecule has 1 aliphatic heterocycles. The van der Waals surface area contributed by atoms with E-state index in [2.05, 4.69) is 0 Å². The highest BCUT2D eigenvalue weighted by atomic mass is 16.5. The zero-order valence-electron chi connectivity index (χ0n) is 19.3. The van der Waals surface area contributed by atoms with Crippen LogP contribution in [0.5, 0.6) is 5.75 Å². The van der Waals surface area contributed by atoms with Gasteiger partial charge in [-0.2, -0.15) is 0 Å². The Morgan fingerprint density at radius 3 is 2.16 bits per heavy atom. The van der Waals surface area contributed by atoms with Crippen LogP contribution in [0.25, 0.3) is 5.76 Å². The van der Waals surface area contributed by atoms with E-state index in [1.165, 1.54) is 0 Å². The van der Waals surface area contributed by atoms with E-state index >= 15 is 0 Å². The van der Waals surface area contributed by atoms with Crippen LogP contribution in [0.2, 0.25) is 0 Å². The van der Waals surface area contributed by atoms with Crippen LogP contribution in [-0.2, 0) is 9.59 Å². The van der Waals surface area contributed by atoms with Gasteiger partial charge in [-0.15, -0.1) is 0 Å². The first kappa shape index (κ1) is 23.3. The van der Waals surface area contributed by atoms with Gasteiger partial charge < -0.3 is 24.5 Å². The number of rotatable bonds is 8. The smallest absolute Gasteiger partial charge is 0.295 e. The van der Waals surface area contributed by atoms with Crippen molar-refractivity contribution in [2.24, 2.45) is 0 Å². The zero-order chi connectivity index (χ0) is 23.4. The molecule has 1 amide bonds. The largest absolute Gasteiger partial charge is 0.507 e. The van der Waals surface area contributed by atoms with Gasteiger partial charge in [-0.1, -0.05) is 12.1 Å². The second kappa shape index (κ2) is 9.87. The van der Waals surface area contributed by atoms with Crippen molar-refractivity contribution >= 4 is 23.1 Å². The SMILES string of the molecule is COc1ccc(C(O)=C2C(=O)C(=O)N(CCCN(C)C)C2c2ccc(N(C)C)cc2)cc1. The number of benzene rings is 2. The van der Waals surface area contributed by atoms with Gasteiger partial charge in [0.2, 0.25) is 0 Å². The van der Waals surface area contributed by atoms with Gasteiger partial charge in [0.15, 0.2) is 0 Å². The van der Waals surface area contributed by atoms with Crippen LogP contribution in [-0.4, -0.2) is 75.0 Å². The van der Waals surface area contributed by atoms with Gasteiger partial charge in [-0.3, -0.25) is 9.59 Å². The number of methoxy groups -OCH3 is 1. The maximum absolute atomic E-state index is 13.1. The molecule has 1 heterocycles. The molecule has 1 atom stereocenters. The molecule has 3 rings (SSSR count). The number of aliphatic hydroxyl groups excluding tert-OH is 1. The molecule has 1 saturated heterocycles. The summed E-state index contributed by atoms with van der Waals surface area (Å²) in [7, 11) is 9.40. The van der Waals surface area contributed by atoms with E-state index in [0.29, 0.717) is 17.9 Å². The number of Topliss-reactive ketones (excluding diaryl/α,β-unsaturated/α-hetero) is 1. The molecular weight excluding hydrogens is 406 g/mol. The first-order chi connectivity index (χ1) is 15.2. The van der Waals surface area contributed by atoms with E-state index in [-0.39, 0.29) is 11.3 Å². The quantitative estimate of drug-likeness (QED) is 0.389. The number of ketones is 1. The summed E-state index contributed by atoms with van der Waals surface area (Å²) in [4.78, 5) is 31.6. The van der Waals surface area contributed by atoms with Crippen molar-refractivity contribution in [2.75, 3.05) is 53.3 Å². The van der Waals surface area contributed by atoms with Gasteiger partial charge in [0.25, 0.3) is 11.7 Å². The number of carbonyl (C=O) groups excluding carboxylic acids is 2. The molecule has 2 aromatic carbocycles. The molecule has 1 aliphatic rings. The highest BCUT2D eigenvalue weighted by molar-refractivity contribution is 6.46. The van der Waals surface area contributed by atoms with Gasteiger partial charge in [-0.05, 0) is 69.0 Å². The van der Waals surface area contributed by atoms with Crippen LogP contribution in [0.4, 0.5) is 5.69 Å². The third-order valence-electron chi connectivity index (χ3n) is 5.63. The van der Waals surface area contributed by atoms with Crippen LogP contribution >= 0.6 is 0 Å². The number of hydrogen-bond donors (Lipinski definition) is 1. The van der Waals surface area contributed by atoms with E-state index < -0.39 is 17.7 Å². The lowest BCUT2D eigenvalue weighted by Gasteiger charge is -2.26. The van der Waals surface area contributed by atoms with E-state index in [1.807, 2.05) is 62.3 Å². The van der Waals surface area contributed by atoms with Crippen LogP contribution < -0.4 is 9.64 Å². The van der Waals surface area contributed by atoms with Crippen LogP contribution in [0, 0.1) is 0 Å². The normalized spacial score (nSPS) is 17.8. The zero-order valence-corrected chi connectivity index (χ0v) is 19.3. The second-order valence-corrected chi connectivity index (χ2v) is 8.36. The summed E-state index contributed by atoms with van der Waals surface area (Å²) in [6.45, 7) is 1.20. The summed E-state index contributed by atoms with van der Waals surface area (Å²) in [6, 6.07) is 13.9. The Morgan fingerprint density at radius 1 is 1.00 bits per heavy atom. The third kappa shape index (κ3) is 4.78. The molecule has 1 unspecified atom stereocenters. The Kier molecular flexibility index (Phi) is 7.20. The number of anilines is 1. The Hall–Kier alpha value is -3.32. The van der Waals surface area contributed by atoms with Gasteiger partial charge in [-0.25, -0.2) is 0 Å². The van der Waals surface area contributed by atoms with E-state index in [0.717, 1.165) is 24.2 Å². The summed E-state index contributed by atoms with van der Waals surface area (Å²) in [5, 5.41) is 11.1. The van der Waals surface area contributed by atoms with Crippen molar-refractivity contribution in [2.45, 2.75) is 12.5 Å². The fourth-order valence-corrected chi connectivity index (χ4v) is 3.87. The van der Waals surface area contributed by atoms with E-state index in [1.54, 1.807) is 36.3 Å². The average Bonchev–Trinajstić information content (AvgIpc) is 3.03. The fraction of sp³-hybridized carbons (Fsp3) is 0.360. The van der Waals surface area contributed by atoms with Crippen LogP contribution in [0.1, 0.15) is 23.6 Å². The second-order valence-electron chi connectivity index (χ2n) is 8.36. The summed E-state index contributed by atoms with van der Waals surface area (Å²) < 4.78 is 5.18. The molecular formula is C25H31N3O4. The molecule has 0 bridgehead atoms. The van der Waals surface area contributed by atoms with Gasteiger partial charge in [0.1, 0.15) is 11.5 Å². The van der Waals surface area contributed by atoms with Crippen molar-refractivity contribution in [1.82, 2.24) is 9.80 Å². The van der Waals surface area contributed by atoms with Crippen molar-refractivity contribution in [1.29, 1.82) is 0 Å². The topological polar surface area (TPSA) is 73.3 Å². The summed E-state index contributed by atoms with van der Waals surface area (Å²) in [6.07, 6.45) is 0.717. The van der Waals surface area contributed by atoms with Crippen molar-refractivity contribution in [3.05, 3.63) is 65.2 Å². The molecule has 0 radical (unpaired) electrons. The predicted octanol–water partition coefficient (Wildman–Crippen LogP) is 3.13. The number of hydrogen-bond acceptors (Lipinski definition) is 6. The predicted molar refractivity (Wildman–Crippen MR) is 126 cm³/mol. The third-order valence-corrected chi connectivity index (χ3v) is 5.63. The Bertz CT molecular complexity index is 995. The maximum atomic E-state index is 13.1. The molecule has 7 nitrogen and oxygen atoms in total. The number of amides is 1. The van der Waals surface area contributed by atoms with Crippen molar-refractivity contribution in [3.63, 3.8) is 0 Å². The molecule has 170 valence electrons. The number of carbonyl (C=O) groups is 2. The molecule has 0 spiro atoms. The first-order valence-electron chi connectivity index (χ1n) is 10.6. The van der Waals surface area contributed by atoms with Gasteiger partial charge in [0.05, 0.1) is 18.7 Å². The Labute approximate surface area is 189 Å². The molecule has 7 heteroatoms. The molecule has 1 N–H and O–H groups in total. The highest BCUT2D eigenvalue weighted by Crippen LogP contribution is 2.40. The molecule has 2 aromatic rings. The number of nitrogens with zero attached hydrogens (tertiary/aromatic N) is 3. The average molecular weight is 438 g/mol. The maximum Gasteiger partial charge on any atom is 0.295 e. The Morgan fingerprint density at radius 2 is 1.62 bits per heavy atom. The Balaban J connectivity index is 2.07. The molecule has 1 fully saturated rings. The minimum atomic E-state index is -0.662. The van der Waals surface area contributed by atoms with Gasteiger partial charge in [0, 0.05) is 31.9 Å².